The van der Waals surface area contributed by atoms with Gasteiger partial charge in [0, 0.05) is 124 Å². The predicted molar refractivity (Wildman–Crippen MR) is 271 cm³/mol. The summed E-state index contributed by atoms with van der Waals surface area (Å²) in [7, 11) is 9.57. The Hall–Kier alpha value is -5.68. The van der Waals surface area contributed by atoms with Crippen LogP contribution in [0.15, 0.2) is 48.5 Å². The highest BCUT2D eigenvalue weighted by molar-refractivity contribution is 6.32. The first-order valence-electron chi connectivity index (χ1n) is 23.4. The van der Waals surface area contributed by atoms with Gasteiger partial charge in [-0.05, 0) is 74.2 Å². The van der Waals surface area contributed by atoms with Gasteiger partial charge in [0.1, 0.15) is 36.9 Å². The summed E-state index contributed by atoms with van der Waals surface area (Å²) in [6.07, 6.45) is -0.751. The van der Waals surface area contributed by atoms with Gasteiger partial charge in [-0.15, -0.1) is 0 Å². The van der Waals surface area contributed by atoms with Crippen LogP contribution in [0.2, 0.25) is 10.0 Å². The molecule has 0 saturated carbocycles. The van der Waals surface area contributed by atoms with Gasteiger partial charge >= 0.3 is 11.9 Å². The van der Waals surface area contributed by atoms with Crippen molar-refractivity contribution in [1.82, 2.24) is 9.80 Å². The van der Waals surface area contributed by atoms with Crippen molar-refractivity contribution < 1.29 is 57.0 Å². The highest BCUT2D eigenvalue weighted by atomic mass is 35.5. The van der Waals surface area contributed by atoms with Gasteiger partial charge < -0.3 is 57.2 Å². The molecule has 0 radical (unpaired) electrons. The van der Waals surface area contributed by atoms with Crippen LogP contribution in [0, 0.1) is 27.7 Å². The average molecular weight is 1010 g/mol. The molecule has 18 heteroatoms. The van der Waals surface area contributed by atoms with Crippen molar-refractivity contribution in [2.45, 2.75) is 52.7 Å². The molecule has 70 heavy (non-hydrogen) atoms. The highest BCUT2D eigenvalue weighted by Crippen LogP contribution is 2.42. The number of esters is 2. The predicted octanol–water partition coefficient (Wildman–Crippen LogP) is 7.98. The number of hydrogen-bond donors (Lipinski definition) is 0. The number of rotatable bonds is 22. The van der Waals surface area contributed by atoms with Crippen LogP contribution < -0.4 is 47.7 Å². The molecule has 2 aliphatic heterocycles. The maximum Gasteiger partial charge on any atom is 0.417 e. The number of carbonyl (C=O) groups is 2. The summed E-state index contributed by atoms with van der Waals surface area (Å²) < 4.78 is 57.7. The van der Waals surface area contributed by atoms with Gasteiger partial charge in [0.2, 0.25) is 11.5 Å². The first-order valence-corrected chi connectivity index (χ1v) is 24.2. The number of methoxy groups -OCH3 is 6. The second-order valence-electron chi connectivity index (χ2n) is 17.4. The van der Waals surface area contributed by atoms with Crippen LogP contribution in [-0.2, 0) is 19.1 Å². The number of anilines is 2. The van der Waals surface area contributed by atoms with E-state index in [0.717, 1.165) is 86.0 Å². The van der Waals surface area contributed by atoms with Gasteiger partial charge in [-0.3, -0.25) is 9.80 Å². The minimum atomic E-state index is -1.11. The molecule has 4 aromatic carbocycles. The second kappa shape index (κ2) is 25.4. The van der Waals surface area contributed by atoms with Crippen LogP contribution in [0.1, 0.15) is 35.1 Å². The molecule has 0 aliphatic carbocycles. The summed E-state index contributed by atoms with van der Waals surface area (Å²) in [6, 6.07) is 15.1. The molecule has 2 aliphatic rings. The Kier molecular flexibility index (Phi) is 19.5. The zero-order valence-electron chi connectivity index (χ0n) is 42.1. The zero-order valence-corrected chi connectivity index (χ0v) is 43.6. The van der Waals surface area contributed by atoms with Crippen LogP contribution in [0.25, 0.3) is 0 Å². The summed E-state index contributed by atoms with van der Waals surface area (Å²) in [4.78, 5) is 36.6. The lowest BCUT2D eigenvalue weighted by atomic mass is 10.1. The molecule has 6 rings (SSSR count). The third-order valence-corrected chi connectivity index (χ3v) is 13.9. The molecule has 16 nitrogen and oxygen atoms in total. The summed E-state index contributed by atoms with van der Waals surface area (Å²) in [5, 5.41) is 1.31. The van der Waals surface area contributed by atoms with Crippen molar-refractivity contribution in [3.05, 3.63) is 80.8 Å². The van der Waals surface area contributed by atoms with Crippen LogP contribution in [-0.4, -0.2) is 155 Å². The van der Waals surface area contributed by atoms with E-state index in [2.05, 4.69) is 19.6 Å². The zero-order chi connectivity index (χ0) is 50.5. The molecule has 4 aromatic rings. The molecule has 0 amide bonds. The van der Waals surface area contributed by atoms with Gasteiger partial charge in [0.15, 0.2) is 23.0 Å². The van der Waals surface area contributed by atoms with Crippen molar-refractivity contribution >= 4 is 46.5 Å². The third-order valence-electron chi connectivity index (χ3n) is 12.7. The number of ether oxygens (including phenoxy) is 10. The third kappa shape index (κ3) is 13.8. The molecule has 2 atom stereocenters. The fourth-order valence-electron chi connectivity index (χ4n) is 8.72. The molecular formula is C52H68Cl2N4O12. The minimum absolute atomic E-state index is 0.00874. The Morgan fingerprint density at radius 1 is 0.471 bits per heavy atom. The van der Waals surface area contributed by atoms with E-state index in [1.165, 1.54) is 0 Å². The van der Waals surface area contributed by atoms with E-state index in [9.17, 15) is 9.59 Å². The smallest absolute Gasteiger partial charge is 0.417 e. The number of hydrogen-bond acceptors (Lipinski definition) is 16. The van der Waals surface area contributed by atoms with Crippen molar-refractivity contribution in [3.63, 3.8) is 0 Å². The van der Waals surface area contributed by atoms with E-state index in [1.807, 2.05) is 76.2 Å². The lowest BCUT2D eigenvalue weighted by molar-refractivity contribution is -0.176. The second-order valence-corrected chi connectivity index (χ2v) is 18.2. The average Bonchev–Trinajstić information content (AvgIpc) is 3.37. The minimum Gasteiger partial charge on any atom is -0.493 e. The van der Waals surface area contributed by atoms with E-state index in [0.29, 0.717) is 82.0 Å². The Morgan fingerprint density at radius 3 is 1.04 bits per heavy atom. The quantitative estimate of drug-likeness (QED) is 0.0555. The SMILES string of the molecule is COc1cc(N2CCN(CCC(COc3cc(C)c(Cl)c(C)c3)OC(=O)C(=O)OC(CCN3CCN(c4cc(OC)c(OC)c(OC)c4)CC3)COc3cc(C)c(Cl)c(C)c3)CC2)cc(OC)c1OC. The molecule has 2 unspecified atom stereocenters. The van der Waals surface area contributed by atoms with Crippen molar-refractivity contribution in [2.75, 3.05) is 131 Å². The maximum absolute atomic E-state index is 13.7. The summed E-state index contributed by atoms with van der Waals surface area (Å²) in [6.45, 7) is 14.7. The monoisotopic (exact) mass is 1010 g/mol. The molecule has 0 N–H and O–H groups in total. The topological polar surface area (TPSA) is 139 Å². The molecule has 2 heterocycles. The fourth-order valence-corrected chi connectivity index (χ4v) is 8.94. The molecule has 2 fully saturated rings. The fraction of sp³-hybridized carbons (Fsp3) is 0.500. The Balaban J connectivity index is 1.10. The summed E-state index contributed by atoms with van der Waals surface area (Å²) in [5.74, 6) is 2.37. The van der Waals surface area contributed by atoms with Crippen molar-refractivity contribution in [2.24, 2.45) is 0 Å². The molecule has 2 saturated heterocycles. The normalized spacial score (nSPS) is 15.1. The first kappa shape index (κ1) is 53.7. The van der Waals surface area contributed by atoms with Crippen molar-refractivity contribution in [3.8, 4) is 46.0 Å². The van der Waals surface area contributed by atoms with Crippen molar-refractivity contribution in [1.29, 1.82) is 0 Å². The molecule has 0 aromatic heterocycles. The van der Waals surface area contributed by atoms with Crippen LogP contribution in [0.5, 0.6) is 46.0 Å². The number of aryl methyl sites for hydroxylation is 4. The van der Waals surface area contributed by atoms with Crippen LogP contribution in [0.4, 0.5) is 11.4 Å². The molecule has 0 spiro atoms. The van der Waals surface area contributed by atoms with Crippen LogP contribution >= 0.6 is 23.2 Å². The lowest BCUT2D eigenvalue weighted by Crippen LogP contribution is -2.47. The van der Waals surface area contributed by atoms with E-state index >= 15 is 0 Å². The molecule has 382 valence electrons. The summed E-state index contributed by atoms with van der Waals surface area (Å²) in [5.41, 5.74) is 5.35. The number of halogens is 2. The maximum atomic E-state index is 13.7. The lowest BCUT2D eigenvalue weighted by Gasteiger charge is -2.37. The van der Waals surface area contributed by atoms with Gasteiger partial charge in [-0.25, -0.2) is 9.59 Å². The number of piperazine rings is 2. The molecular weight excluding hydrogens is 943 g/mol. The standard InChI is InChI=1S/C52H68Cl2N4O12/c1-33-23-41(24-34(2)47(33)53)67-31-39(11-13-55-15-19-57(20-16-55)37-27-43(61-5)49(65-9)44(28-37)62-6)69-51(59)52(60)70-40(32-68-42-25-35(3)48(54)36(4)26-42)12-14-56-17-21-58(22-18-56)38-29-45(63-7)50(66-10)46(30-38)64-8/h23-30,39-40H,11-22,31-32H2,1-10H3. The summed E-state index contributed by atoms with van der Waals surface area (Å²) >= 11 is 12.9. The van der Waals surface area contributed by atoms with E-state index in [4.69, 9.17) is 70.6 Å². The van der Waals surface area contributed by atoms with Gasteiger partial charge in [-0.1, -0.05) is 23.2 Å². The van der Waals surface area contributed by atoms with E-state index in [1.54, 1.807) is 42.7 Å². The van der Waals surface area contributed by atoms with E-state index < -0.39 is 24.1 Å². The number of nitrogens with zero attached hydrogens (tertiary/aromatic N) is 4. The molecule has 0 bridgehead atoms. The van der Waals surface area contributed by atoms with Crippen LogP contribution in [0.3, 0.4) is 0 Å². The van der Waals surface area contributed by atoms with Gasteiger partial charge in [-0.2, -0.15) is 0 Å². The Morgan fingerprint density at radius 2 is 0.771 bits per heavy atom. The van der Waals surface area contributed by atoms with Gasteiger partial charge in [0.25, 0.3) is 0 Å². The number of carbonyl (C=O) groups excluding carboxylic acids is 2. The first-order chi connectivity index (χ1) is 33.7. The Labute approximate surface area is 422 Å². The van der Waals surface area contributed by atoms with Gasteiger partial charge in [0.05, 0.1) is 42.7 Å². The Bertz CT molecular complexity index is 2150. The largest absolute Gasteiger partial charge is 0.493 e. The van der Waals surface area contributed by atoms with E-state index in [-0.39, 0.29) is 13.2 Å². The highest BCUT2D eigenvalue weighted by Gasteiger charge is 2.30. The number of benzene rings is 4.